The fourth-order valence-corrected chi connectivity index (χ4v) is 1.86. The van der Waals surface area contributed by atoms with E-state index in [-0.39, 0.29) is 0 Å². The van der Waals surface area contributed by atoms with Crippen LogP contribution in [0.5, 0.6) is 5.75 Å². The molecule has 0 aliphatic heterocycles. The van der Waals surface area contributed by atoms with E-state index in [1.165, 1.54) is 0 Å². The molecule has 4 heteroatoms. The van der Waals surface area contributed by atoms with Crippen molar-refractivity contribution in [3.05, 3.63) is 42.5 Å². The smallest absolute Gasteiger partial charge is 0.121 e. The van der Waals surface area contributed by atoms with Crippen molar-refractivity contribution in [2.45, 2.75) is 26.3 Å². The Balaban J connectivity index is 1.86. The van der Waals surface area contributed by atoms with Gasteiger partial charge >= 0.3 is 0 Å². The maximum absolute atomic E-state index is 5.69. The molecule has 1 heterocycles. The molecule has 2 N–H and O–H groups in total. The summed E-state index contributed by atoms with van der Waals surface area (Å²) in [6, 6.07) is 7.49. The summed E-state index contributed by atoms with van der Waals surface area (Å²) in [5, 5.41) is 0. The molecule has 0 aliphatic rings. The zero-order chi connectivity index (χ0) is 12.8. The number of aromatic nitrogens is 2. The van der Waals surface area contributed by atoms with Gasteiger partial charge in [0.25, 0.3) is 0 Å². The molecule has 0 radical (unpaired) electrons. The second kappa shape index (κ2) is 6.10. The van der Waals surface area contributed by atoms with E-state index in [0.29, 0.717) is 6.61 Å². The van der Waals surface area contributed by atoms with Gasteiger partial charge in [-0.15, -0.1) is 0 Å². The standard InChI is InChI=1S/C14H19N3O/c1-2-4-14-16-7-8-17(14)9-10-18-13-6-3-5-12(15)11-13/h3,5-8,11H,2,4,9-10,15H2,1H3. The van der Waals surface area contributed by atoms with Crippen LogP contribution in [0.3, 0.4) is 0 Å². The van der Waals surface area contributed by atoms with Gasteiger partial charge in [0.1, 0.15) is 18.2 Å². The molecule has 1 aromatic carbocycles. The Bertz CT molecular complexity index is 493. The number of nitrogens with two attached hydrogens (primary N) is 1. The topological polar surface area (TPSA) is 53.1 Å². The number of hydrogen-bond acceptors (Lipinski definition) is 3. The third kappa shape index (κ3) is 3.26. The summed E-state index contributed by atoms with van der Waals surface area (Å²) < 4.78 is 7.80. The molecule has 0 unspecified atom stereocenters. The third-order valence-corrected chi connectivity index (χ3v) is 2.73. The molecule has 0 atom stereocenters. The lowest BCUT2D eigenvalue weighted by Gasteiger charge is -2.09. The van der Waals surface area contributed by atoms with Crippen molar-refractivity contribution in [1.82, 2.24) is 9.55 Å². The van der Waals surface area contributed by atoms with E-state index in [9.17, 15) is 0 Å². The Morgan fingerprint density at radius 3 is 3.06 bits per heavy atom. The minimum absolute atomic E-state index is 0.622. The number of rotatable bonds is 6. The fraction of sp³-hybridized carbons (Fsp3) is 0.357. The van der Waals surface area contributed by atoms with Gasteiger partial charge in [-0.1, -0.05) is 13.0 Å². The average molecular weight is 245 g/mol. The molecule has 0 saturated heterocycles. The van der Waals surface area contributed by atoms with Crippen molar-refractivity contribution in [3.8, 4) is 5.75 Å². The van der Waals surface area contributed by atoms with Gasteiger partial charge < -0.3 is 15.0 Å². The van der Waals surface area contributed by atoms with Crippen LogP contribution in [-0.4, -0.2) is 16.2 Å². The van der Waals surface area contributed by atoms with Gasteiger partial charge in [0.2, 0.25) is 0 Å². The Morgan fingerprint density at radius 2 is 2.28 bits per heavy atom. The molecule has 2 aromatic rings. The maximum atomic E-state index is 5.69. The highest BCUT2D eigenvalue weighted by molar-refractivity contribution is 5.43. The van der Waals surface area contributed by atoms with E-state index in [0.717, 1.165) is 36.6 Å². The first kappa shape index (κ1) is 12.5. The van der Waals surface area contributed by atoms with Gasteiger partial charge in [-0.25, -0.2) is 4.98 Å². The van der Waals surface area contributed by atoms with Gasteiger partial charge in [0.05, 0.1) is 6.54 Å². The number of aryl methyl sites for hydroxylation is 1. The normalized spacial score (nSPS) is 10.5. The van der Waals surface area contributed by atoms with Crippen LogP contribution in [0.1, 0.15) is 19.2 Å². The van der Waals surface area contributed by atoms with Crippen molar-refractivity contribution >= 4 is 5.69 Å². The minimum Gasteiger partial charge on any atom is -0.492 e. The number of benzene rings is 1. The van der Waals surface area contributed by atoms with Gasteiger partial charge in [-0.3, -0.25) is 0 Å². The van der Waals surface area contributed by atoms with Crippen LogP contribution in [0.2, 0.25) is 0 Å². The number of hydrogen-bond donors (Lipinski definition) is 1. The molecule has 0 saturated carbocycles. The average Bonchev–Trinajstić information content (AvgIpc) is 2.78. The summed E-state index contributed by atoms with van der Waals surface area (Å²) in [6.07, 6.45) is 5.94. The van der Waals surface area contributed by atoms with Gasteiger partial charge in [-0.05, 0) is 18.6 Å². The molecule has 0 bridgehead atoms. The lowest BCUT2D eigenvalue weighted by Crippen LogP contribution is -2.10. The predicted octanol–water partition coefficient (Wildman–Crippen LogP) is 2.50. The molecule has 0 fully saturated rings. The van der Waals surface area contributed by atoms with Crippen LogP contribution in [0, 0.1) is 0 Å². The van der Waals surface area contributed by atoms with Crippen molar-refractivity contribution < 1.29 is 4.74 Å². The monoisotopic (exact) mass is 245 g/mol. The van der Waals surface area contributed by atoms with Crippen LogP contribution in [0.15, 0.2) is 36.7 Å². The van der Waals surface area contributed by atoms with E-state index in [1.54, 1.807) is 0 Å². The Kier molecular flexibility index (Phi) is 4.23. The van der Waals surface area contributed by atoms with E-state index in [4.69, 9.17) is 10.5 Å². The van der Waals surface area contributed by atoms with Crippen LogP contribution >= 0.6 is 0 Å². The number of nitrogen functional groups attached to an aromatic ring is 1. The van der Waals surface area contributed by atoms with E-state index >= 15 is 0 Å². The first-order valence-corrected chi connectivity index (χ1v) is 6.28. The highest BCUT2D eigenvalue weighted by Gasteiger charge is 2.01. The van der Waals surface area contributed by atoms with E-state index < -0.39 is 0 Å². The highest BCUT2D eigenvalue weighted by Crippen LogP contribution is 2.14. The summed E-state index contributed by atoms with van der Waals surface area (Å²) in [5.74, 6) is 1.93. The second-order valence-electron chi connectivity index (χ2n) is 4.21. The van der Waals surface area contributed by atoms with Crippen LogP contribution < -0.4 is 10.5 Å². The lowest BCUT2D eigenvalue weighted by atomic mass is 10.3. The second-order valence-corrected chi connectivity index (χ2v) is 4.21. The molecule has 0 spiro atoms. The van der Waals surface area contributed by atoms with Crippen LogP contribution in [-0.2, 0) is 13.0 Å². The summed E-state index contributed by atoms with van der Waals surface area (Å²) in [6.45, 7) is 3.59. The van der Waals surface area contributed by atoms with Crippen LogP contribution in [0.4, 0.5) is 5.69 Å². The third-order valence-electron chi connectivity index (χ3n) is 2.73. The zero-order valence-corrected chi connectivity index (χ0v) is 10.7. The SMILES string of the molecule is CCCc1nccn1CCOc1cccc(N)c1. The van der Waals surface area contributed by atoms with Crippen molar-refractivity contribution in [2.24, 2.45) is 0 Å². The molecular formula is C14H19N3O. The Labute approximate surface area is 107 Å². The van der Waals surface area contributed by atoms with Crippen molar-refractivity contribution in [3.63, 3.8) is 0 Å². The largest absolute Gasteiger partial charge is 0.492 e. The predicted molar refractivity (Wildman–Crippen MR) is 72.6 cm³/mol. The molecular weight excluding hydrogens is 226 g/mol. The number of imidazole rings is 1. The molecule has 1 aromatic heterocycles. The van der Waals surface area contributed by atoms with Gasteiger partial charge in [-0.2, -0.15) is 0 Å². The summed E-state index contributed by atoms with van der Waals surface area (Å²) in [7, 11) is 0. The molecule has 96 valence electrons. The zero-order valence-electron chi connectivity index (χ0n) is 10.7. The number of anilines is 1. The van der Waals surface area contributed by atoms with Gasteiger partial charge in [0, 0.05) is 30.6 Å². The quantitative estimate of drug-likeness (QED) is 0.795. The Hall–Kier alpha value is -1.97. The summed E-state index contributed by atoms with van der Waals surface area (Å²) in [4.78, 5) is 4.33. The van der Waals surface area contributed by atoms with Gasteiger partial charge in [0.15, 0.2) is 0 Å². The lowest BCUT2D eigenvalue weighted by molar-refractivity contribution is 0.296. The maximum Gasteiger partial charge on any atom is 0.121 e. The first-order valence-electron chi connectivity index (χ1n) is 6.28. The van der Waals surface area contributed by atoms with Crippen molar-refractivity contribution in [1.29, 1.82) is 0 Å². The van der Waals surface area contributed by atoms with E-state index in [1.807, 2.05) is 36.7 Å². The number of ether oxygens (including phenoxy) is 1. The highest BCUT2D eigenvalue weighted by atomic mass is 16.5. The molecule has 0 amide bonds. The van der Waals surface area contributed by atoms with Crippen LogP contribution in [0.25, 0.3) is 0 Å². The molecule has 4 nitrogen and oxygen atoms in total. The summed E-state index contributed by atoms with van der Waals surface area (Å²) >= 11 is 0. The van der Waals surface area contributed by atoms with Crippen molar-refractivity contribution in [2.75, 3.05) is 12.3 Å². The minimum atomic E-state index is 0.622. The first-order chi connectivity index (χ1) is 8.79. The molecule has 2 rings (SSSR count). The molecule has 0 aliphatic carbocycles. The fourth-order valence-electron chi connectivity index (χ4n) is 1.86. The molecule has 18 heavy (non-hydrogen) atoms. The number of nitrogens with zero attached hydrogens (tertiary/aromatic N) is 2. The van der Waals surface area contributed by atoms with E-state index in [2.05, 4.69) is 16.5 Å². The summed E-state index contributed by atoms with van der Waals surface area (Å²) in [5.41, 5.74) is 6.42. The Morgan fingerprint density at radius 1 is 1.39 bits per heavy atom.